The maximum Gasteiger partial charge on any atom is 0.364 e. The maximum atomic E-state index is 13.3. The van der Waals surface area contributed by atoms with E-state index in [0.717, 1.165) is 34.6 Å². The number of hydrogen-bond acceptors (Lipinski definition) is 40. The van der Waals surface area contributed by atoms with Crippen molar-refractivity contribution >= 4 is 41.5 Å². The third-order valence-corrected chi connectivity index (χ3v) is 18.5. The van der Waals surface area contributed by atoms with Gasteiger partial charge in [0.05, 0.1) is 70.5 Å². The van der Waals surface area contributed by atoms with E-state index in [0.29, 0.717) is 0 Å². The van der Waals surface area contributed by atoms with E-state index in [-0.39, 0.29) is 0 Å². The number of hydrogen-bond donors (Lipinski definition) is 27. The molecule has 7 aliphatic heterocycles. The Kier molecular flexibility index (Phi) is 30.8. The van der Waals surface area contributed by atoms with Gasteiger partial charge in [-0.1, -0.05) is 0 Å². The summed E-state index contributed by atoms with van der Waals surface area (Å²) in [5.41, 5.74) is 0. The third kappa shape index (κ3) is 19.8. The van der Waals surface area contributed by atoms with Crippen LogP contribution in [-0.2, 0) is 95.1 Å². The number of carbonyl (C=O) groups excluding carboxylic acids is 5. The Labute approximate surface area is 593 Å². The molecule has 7 heterocycles. The predicted molar refractivity (Wildman–Crippen MR) is 324 cm³/mol. The normalized spacial score (nSPS) is 43.6. The van der Waals surface area contributed by atoms with Gasteiger partial charge in [0.1, 0.15) is 159 Å². The molecule has 0 bridgehead atoms. The summed E-state index contributed by atoms with van der Waals surface area (Å²) >= 11 is 0. The molecular weight excluding hydrogens is 1440 g/mol. The number of aliphatic carboxylic acids is 2. The second kappa shape index (κ2) is 37.1. The van der Waals surface area contributed by atoms with Crippen molar-refractivity contribution in [3.63, 3.8) is 0 Å². The Morgan fingerprint density at radius 3 is 1.10 bits per heavy atom. The highest BCUT2D eigenvalue weighted by atomic mass is 16.8. The van der Waals surface area contributed by atoms with E-state index in [2.05, 4.69) is 26.6 Å². The van der Waals surface area contributed by atoms with Crippen LogP contribution in [0, 0.1) is 0 Å². The first-order valence-electron chi connectivity index (χ1n) is 32.8. The highest BCUT2D eigenvalue weighted by Crippen LogP contribution is 2.40. The highest BCUT2D eigenvalue weighted by Gasteiger charge is 2.62. The van der Waals surface area contributed by atoms with Crippen molar-refractivity contribution in [2.45, 2.75) is 273 Å². The van der Waals surface area contributed by atoms with Crippen molar-refractivity contribution in [1.29, 1.82) is 0 Å². The Morgan fingerprint density at radius 2 is 0.714 bits per heavy atom. The number of carbonyl (C=O) groups is 7. The molecule has 7 rings (SSSR count). The molecule has 0 aromatic rings. The fraction of sp³-hybridized carbons (Fsp3) is 0.879. The van der Waals surface area contributed by atoms with Crippen LogP contribution in [0.25, 0.3) is 0 Å². The van der Waals surface area contributed by atoms with E-state index in [4.69, 9.17) is 61.6 Å². The average molecular weight is 1530 g/mol. The molecule has 5 amide bonds. The van der Waals surface area contributed by atoms with Gasteiger partial charge < -0.3 is 201 Å². The third-order valence-electron chi connectivity index (χ3n) is 18.5. The summed E-state index contributed by atoms with van der Waals surface area (Å²) in [5, 5.41) is 253. The number of amides is 5. The van der Waals surface area contributed by atoms with Crippen LogP contribution in [0.5, 0.6) is 0 Å². The van der Waals surface area contributed by atoms with Gasteiger partial charge in [-0.3, -0.25) is 24.0 Å². The number of carboxylic acids is 2. The average Bonchev–Trinajstić information content (AvgIpc) is 0.771. The number of aliphatic hydroxyl groups excluding tert-OH is 20. The summed E-state index contributed by atoms with van der Waals surface area (Å²) in [6.45, 7) is -3.69. The summed E-state index contributed by atoms with van der Waals surface area (Å²) in [6.07, 6.45) is -67.1. The molecule has 7 fully saturated rings. The largest absolute Gasteiger partial charge is 0.477 e. The van der Waals surface area contributed by atoms with Crippen LogP contribution in [0.2, 0.25) is 0 Å². The number of aliphatic hydroxyl groups is 20. The van der Waals surface area contributed by atoms with Crippen molar-refractivity contribution in [3.05, 3.63) is 0 Å². The van der Waals surface area contributed by atoms with Gasteiger partial charge in [0.2, 0.25) is 29.5 Å². The number of ether oxygens (including phenoxy) is 13. The van der Waals surface area contributed by atoms with E-state index in [1.165, 1.54) is 0 Å². The van der Waals surface area contributed by atoms with Gasteiger partial charge in [-0.25, -0.2) is 9.59 Å². The number of rotatable bonds is 30. The van der Waals surface area contributed by atoms with Crippen molar-refractivity contribution in [2.75, 3.05) is 46.2 Å². The lowest BCUT2D eigenvalue weighted by atomic mass is 9.88. The van der Waals surface area contributed by atoms with E-state index < -0.39 is 326 Å². The van der Waals surface area contributed by atoms with Crippen molar-refractivity contribution < 1.29 is 207 Å². The number of nitrogens with one attached hydrogen (secondary N) is 5. The standard InChI is InChI=1S/C58H95N5O42/c1-15(69)59-29-20(74)6-57(55(89)90,104-47(29)34(78)22(76)8-64)93-13-27-37(81)46(33(50(88)95-27)63-19(5)73)102-51-31(61-17(3)71)39(83)45(26(12-68)97-51)101-54-43(87)49(38(82)28(99-54)14-94-58(56(91)92)7-21(75)30(60-16(2)70)48(105-58)35(79)23(77)9-65)103-52-32(62-18(4)72)40(84)44(25(11-67)98-52)100-53-42(86)41(85)36(80)24(10-66)96-53/h20-54,64-68,74-88H,6-14H2,1-5H3,(H,59,69)(H,60,70)(H,61,71)(H,62,72)(H,63,73)(H,89,90)(H,91,92)/t20-,21-,22+,23+,24+,25+,26+,27+,28+,29+,30+,31+,32+,33+,34+,35+,36-,37-,38-,39+,40+,41-,42+,43+,44+,45+,46+,47+,48+,49-,50-,51-,52-,53-,54-,57+,58+/m0/s1. The lowest BCUT2D eigenvalue weighted by molar-refractivity contribution is -0.385. The van der Waals surface area contributed by atoms with Crippen LogP contribution in [0.4, 0.5) is 0 Å². The van der Waals surface area contributed by atoms with Crippen molar-refractivity contribution in [2.24, 2.45) is 0 Å². The van der Waals surface area contributed by atoms with Crippen molar-refractivity contribution in [1.82, 2.24) is 26.6 Å². The molecule has 0 aliphatic carbocycles. The second-order valence-corrected chi connectivity index (χ2v) is 26.2. The SMILES string of the molecule is CC(=O)N[C@@H]1[C@@H](O[C@@H]2O[C@H](CO)[C@@H](O[C@@H]3O[C@H](CO[C@]4(C(=O)O)C[C@H](O)[C@@H](NC(C)=O)[C@H]([C@H](O)[C@H](O)CO)O4)[C@H](O)[C@H](O[C@@H]4O[C@H](CO)[C@@H](O[C@@H]5O[C@H](CO)[C@H](O)[C@H](O)[C@H]5O)[C@H](O)[C@H]4NC(C)=O)[C@H]3O)[C@H](O)[C@H]2NC(C)=O)[C@@H](O)[C@@H](CO[C@]2(C(=O)O)C[C@H](O)[C@@H](NC(C)=O)[C@H]([C@H](O)[C@H](O)CO)O2)O[C@@H]1O. The van der Waals surface area contributed by atoms with E-state index in [1.54, 1.807) is 0 Å². The minimum atomic E-state index is -3.22. The number of carboxylic acid groups (broad SMARTS) is 2. The van der Waals surface area contributed by atoms with Gasteiger partial charge in [-0.15, -0.1) is 0 Å². The molecule has 604 valence electrons. The van der Waals surface area contributed by atoms with Gasteiger partial charge in [0.25, 0.3) is 11.6 Å². The molecule has 0 spiro atoms. The van der Waals surface area contributed by atoms with Gasteiger partial charge >= 0.3 is 11.9 Å². The second-order valence-electron chi connectivity index (χ2n) is 26.2. The molecule has 47 nitrogen and oxygen atoms in total. The van der Waals surface area contributed by atoms with E-state index in [9.17, 15) is 146 Å². The van der Waals surface area contributed by atoms with Crippen LogP contribution < -0.4 is 26.6 Å². The zero-order valence-electron chi connectivity index (χ0n) is 56.6. The van der Waals surface area contributed by atoms with Crippen LogP contribution in [0.3, 0.4) is 0 Å². The molecule has 27 N–H and O–H groups in total. The Morgan fingerprint density at radius 1 is 0.381 bits per heavy atom. The highest BCUT2D eigenvalue weighted by molar-refractivity contribution is 5.78. The van der Waals surface area contributed by atoms with E-state index >= 15 is 0 Å². The summed E-state index contributed by atoms with van der Waals surface area (Å²) in [4.78, 5) is 89.5. The minimum absolute atomic E-state index is 0.838. The summed E-state index contributed by atoms with van der Waals surface area (Å²) in [6, 6.07) is -9.38. The molecule has 7 saturated heterocycles. The molecular formula is C58H95N5O42. The first-order valence-corrected chi connectivity index (χ1v) is 32.8. The molecule has 37 atom stereocenters. The molecule has 0 radical (unpaired) electrons. The lowest BCUT2D eigenvalue weighted by Crippen LogP contribution is -2.71. The maximum absolute atomic E-state index is 13.3. The fourth-order valence-electron chi connectivity index (χ4n) is 13.2. The first kappa shape index (κ1) is 87.2. The molecule has 7 aliphatic rings. The molecule has 0 saturated carbocycles. The lowest BCUT2D eigenvalue weighted by Gasteiger charge is -2.51. The van der Waals surface area contributed by atoms with Crippen molar-refractivity contribution in [3.8, 4) is 0 Å². The minimum Gasteiger partial charge on any atom is -0.477 e. The molecule has 105 heavy (non-hydrogen) atoms. The molecule has 0 unspecified atom stereocenters. The summed E-state index contributed by atoms with van der Waals surface area (Å²) < 4.78 is 75.8. The van der Waals surface area contributed by atoms with Gasteiger partial charge in [-0.2, -0.15) is 0 Å². The Bertz CT molecular complexity index is 2900. The smallest absolute Gasteiger partial charge is 0.364 e. The predicted octanol–water partition coefficient (Wildman–Crippen LogP) is -17.1. The fourth-order valence-corrected chi connectivity index (χ4v) is 13.2. The van der Waals surface area contributed by atoms with Gasteiger partial charge in [0.15, 0.2) is 31.5 Å². The molecule has 0 aromatic carbocycles. The zero-order valence-corrected chi connectivity index (χ0v) is 56.6. The molecule has 47 heteroatoms. The van der Waals surface area contributed by atoms with Crippen LogP contribution in [0.15, 0.2) is 0 Å². The quantitative estimate of drug-likeness (QED) is 0.0318. The van der Waals surface area contributed by atoms with Crippen LogP contribution >= 0.6 is 0 Å². The monoisotopic (exact) mass is 1530 g/mol. The van der Waals surface area contributed by atoms with E-state index in [1.807, 2.05) is 0 Å². The first-order chi connectivity index (χ1) is 49.2. The van der Waals surface area contributed by atoms with Gasteiger partial charge in [-0.05, 0) is 0 Å². The summed E-state index contributed by atoms with van der Waals surface area (Å²) in [7, 11) is 0. The topological polar surface area (TPSA) is 745 Å². The summed E-state index contributed by atoms with van der Waals surface area (Å²) in [5.74, 6) is -15.1. The van der Waals surface area contributed by atoms with Crippen LogP contribution in [0.1, 0.15) is 47.5 Å². The Hall–Kier alpha value is -5.03. The zero-order chi connectivity index (χ0) is 78.3. The van der Waals surface area contributed by atoms with Crippen LogP contribution in [-0.4, -0.2) is 426 Å². The Balaban J connectivity index is 1.23. The molecule has 0 aromatic heterocycles. The van der Waals surface area contributed by atoms with Gasteiger partial charge in [0, 0.05) is 47.5 Å².